The van der Waals surface area contributed by atoms with E-state index in [1.165, 1.54) is 12.1 Å². The average molecular weight is 342 g/mol. The van der Waals surface area contributed by atoms with Crippen molar-refractivity contribution in [1.29, 1.82) is 0 Å². The number of hydrogen-bond donors (Lipinski definition) is 2. The van der Waals surface area contributed by atoms with E-state index in [1.54, 1.807) is 36.4 Å². The maximum Gasteiger partial charge on any atom is 0.324 e. The Labute approximate surface area is 137 Å². The minimum absolute atomic E-state index is 0.161. The number of rotatable bonds is 6. The summed E-state index contributed by atoms with van der Waals surface area (Å²) in [5, 5.41) is 18.2. The molecule has 0 fully saturated rings. The van der Waals surface area contributed by atoms with E-state index in [0.29, 0.717) is 15.4 Å². The van der Waals surface area contributed by atoms with Crippen LogP contribution in [-0.2, 0) is 11.2 Å². The Morgan fingerprint density at radius 3 is 2.00 bits per heavy atom. The van der Waals surface area contributed by atoms with E-state index < -0.39 is 12.0 Å². The molecule has 0 aliphatic carbocycles. The number of phenols is 1. The van der Waals surface area contributed by atoms with Crippen LogP contribution in [0.3, 0.4) is 0 Å². The molecule has 5 nitrogen and oxygen atoms in total. The summed E-state index contributed by atoms with van der Waals surface area (Å²) >= 11 is 11.0. The minimum Gasteiger partial charge on any atom is -0.508 e. The number of carbonyl (C=O) groups is 1. The summed E-state index contributed by atoms with van der Waals surface area (Å²) in [4.78, 5) is 11.0. The molecule has 2 aromatic carbocycles. The molecule has 0 aromatic heterocycles. The second kappa shape index (κ2) is 7.35. The van der Waals surface area contributed by atoms with Crippen LogP contribution in [0.25, 0.3) is 0 Å². The van der Waals surface area contributed by atoms with Crippen LogP contribution in [0, 0.1) is 0 Å². The zero-order valence-electron chi connectivity index (χ0n) is 11.3. The van der Waals surface area contributed by atoms with E-state index in [4.69, 9.17) is 33.4 Å². The van der Waals surface area contributed by atoms with Crippen LogP contribution < -0.4 is 4.74 Å². The molecule has 0 amide bonds. The predicted octanol–water partition coefficient (Wildman–Crippen LogP) is 3.79. The number of carboxylic acid groups (broad SMARTS) is 1. The number of carboxylic acids is 1. The van der Waals surface area contributed by atoms with Crippen molar-refractivity contribution in [3.05, 3.63) is 54.1 Å². The van der Waals surface area contributed by atoms with Gasteiger partial charge in [0.05, 0.1) is 0 Å². The number of aliphatic carboxylic acids is 1. The summed E-state index contributed by atoms with van der Waals surface area (Å²) < 4.78 is 6.23. The van der Waals surface area contributed by atoms with Crippen LogP contribution in [0.4, 0.5) is 0 Å². The summed E-state index contributed by atoms with van der Waals surface area (Å²) in [6, 6.07) is 12.2. The molecule has 2 aromatic rings. The number of halogens is 2. The molecule has 0 bridgehead atoms. The van der Waals surface area contributed by atoms with Gasteiger partial charge in [-0.05, 0) is 65.5 Å². The smallest absolute Gasteiger partial charge is 0.324 e. The van der Waals surface area contributed by atoms with E-state index in [2.05, 4.69) is 0 Å². The standard InChI is InChI=1S/C15H13Cl2NO4/c16-18(17)14(15(20)21)9-10-1-5-12(6-2-10)22-13-7-3-11(19)4-8-13/h1-8,14,19H,9H2,(H,20,21)/t14-/m0/s1. The molecule has 0 saturated heterocycles. The molecule has 0 aliphatic rings. The molecule has 0 unspecified atom stereocenters. The lowest BCUT2D eigenvalue weighted by Crippen LogP contribution is -2.31. The number of aromatic hydroxyl groups is 1. The SMILES string of the molecule is O=C(O)[C@H](Cc1ccc(Oc2ccc(O)cc2)cc1)N(Cl)Cl. The molecule has 1 atom stereocenters. The van der Waals surface area contributed by atoms with Crippen LogP contribution in [0.1, 0.15) is 5.56 Å². The zero-order chi connectivity index (χ0) is 16.1. The highest BCUT2D eigenvalue weighted by molar-refractivity contribution is 6.34. The second-order valence-corrected chi connectivity index (χ2v) is 5.46. The van der Waals surface area contributed by atoms with Gasteiger partial charge >= 0.3 is 5.97 Å². The third kappa shape index (κ3) is 4.53. The third-order valence-electron chi connectivity index (χ3n) is 2.95. The number of hydrogen-bond acceptors (Lipinski definition) is 4. The van der Waals surface area contributed by atoms with Gasteiger partial charge in [-0.3, -0.25) is 4.79 Å². The normalized spacial score (nSPS) is 12.1. The largest absolute Gasteiger partial charge is 0.508 e. The first-order chi connectivity index (χ1) is 10.5. The van der Waals surface area contributed by atoms with Crippen molar-refractivity contribution < 1.29 is 19.7 Å². The molecule has 22 heavy (non-hydrogen) atoms. The fourth-order valence-electron chi connectivity index (χ4n) is 1.81. The average Bonchev–Trinajstić information content (AvgIpc) is 2.48. The van der Waals surface area contributed by atoms with E-state index in [0.717, 1.165) is 5.56 Å². The Kier molecular flexibility index (Phi) is 5.49. The van der Waals surface area contributed by atoms with Gasteiger partial charge in [-0.15, -0.1) is 3.94 Å². The third-order valence-corrected chi connectivity index (χ3v) is 3.42. The minimum atomic E-state index is -1.10. The molecular weight excluding hydrogens is 329 g/mol. The van der Waals surface area contributed by atoms with Gasteiger partial charge in [0, 0.05) is 6.42 Å². The van der Waals surface area contributed by atoms with Crippen molar-refractivity contribution >= 4 is 29.5 Å². The van der Waals surface area contributed by atoms with Gasteiger partial charge in [0.1, 0.15) is 23.3 Å². The Morgan fingerprint density at radius 1 is 1.05 bits per heavy atom. The molecule has 2 rings (SSSR count). The topological polar surface area (TPSA) is 70.0 Å². The van der Waals surface area contributed by atoms with Gasteiger partial charge in [-0.25, -0.2) is 0 Å². The van der Waals surface area contributed by atoms with E-state index in [1.807, 2.05) is 0 Å². The summed E-state index contributed by atoms with van der Waals surface area (Å²) in [5.41, 5.74) is 0.761. The number of benzene rings is 2. The lowest BCUT2D eigenvalue weighted by molar-refractivity contribution is -0.140. The molecule has 7 heteroatoms. The van der Waals surface area contributed by atoms with Crippen molar-refractivity contribution in [3.63, 3.8) is 0 Å². The number of phenolic OH excluding ortho intramolecular Hbond substituents is 1. The Bertz CT molecular complexity index is 629. The van der Waals surface area contributed by atoms with Gasteiger partial charge in [0.2, 0.25) is 0 Å². The van der Waals surface area contributed by atoms with Gasteiger partial charge in [-0.2, -0.15) is 0 Å². The molecule has 0 radical (unpaired) electrons. The highest BCUT2D eigenvalue weighted by atomic mass is 35.5. The number of ether oxygens (including phenoxy) is 1. The molecule has 0 aliphatic heterocycles. The highest BCUT2D eigenvalue weighted by Gasteiger charge is 2.23. The summed E-state index contributed by atoms with van der Waals surface area (Å²) in [7, 11) is 0. The molecule has 0 saturated carbocycles. The van der Waals surface area contributed by atoms with Crippen LogP contribution in [0.5, 0.6) is 17.2 Å². The van der Waals surface area contributed by atoms with Crippen molar-refractivity contribution in [2.75, 3.05) is 0 Å². The van der Waals surface area contributed by atoms with Crippen LogP contribution in [-0.4, -0.2) is 26.2 Å². The van der Waals surface area contributed by atoms with Gasteiger partial charge in [-0.1, -0.05) is 12.1 Å². The monoisotopic (exact) mass is 341 g/mol. The first-order valence-corrected chi connectivity index (χ1v) is 7.03. The molecule has 2 N–H and O–H groups in total. The summed E-state index contributed by atoms with van der Waals surface area (Å²) in [6.07, 6.45) is 0.168. The lowest BCUT2D eigenvalue weighted by atomic mass is 10.1. The van der Waals surface area contributed by atoms with E-state index in [9.17, 15) is 9.90 Å². The molecular formula is C15H13Cl2NO4. The second-order valence-electron chi connectivity index (χ2n) is 4.56. The van der Waals surface area contributed by atoms with Crippen molar-refractivity contribution in [3.8, 4) is 17.2 Å². The quantitative estimate of drug-likeness (QED) is 0.782. The maximum atomic E-state index is 11.0. The predicted molar refractivity (Wildman–Crippen MR) is 83.3 cm³/mol. The van der Waals surface area contributed by atoms with Crippen molar-refractivity contribution in [1.82, 2.24) is 3.94 Å². The molecule has 0 heterocycles. The fraction of sp³-hybridized carbons (Fsp3) is 0.133. The Morgan fingerprint density at radius 2 is 1.55 bits per heavy atom. The van der Waals surface area contributed by atoms with E-state index >= 15 is 0 Å². The van der Waals surface area contributed by atoms with Crippen molar-refractivity contribution in [2.45, 2.75) is 12.5 Å². The molecule has 0 spiro atoms. The van der Waals surface area contributed by atoms with Gasteiger partial charge in [0.25, 0.3) is 0 Å². The fourth-order valence-corrected chi connectivity index (χ4v) is 2.11. The molecule has 116 valence electrons. The highest BCUT2D eigenvalue weighted by Crippen LogP contribution is 2.24. The van der Waals surface area contributed by atoms with Crippen LogP contribution >= 0.6 is 23.6 Å². The first-order valence-electron chi connectivity index (χ1n) is 6.35. The van der Waals surface area contributed by atoms with Crippen LogP contribution in [0.2, 0.25) is 0 Å². The lowest BCUT2D eigenvalue weighted by Gasteiger charge is -2.15. The Hall–Kier alpha value is -1.95. The van der Waals surface area contributed by atoms with Crippen molar-refractivity contribution in [2.24, 2.45) is 0 Å². The van der Waals surface area contributed by atoms with Gasteiger partial charge < -0.3 is 14.9 Å². The van der Waals surface area contributed by atoms with Gasteiger partial charge in [0.15, 0.2) is 0 Å². The Balaban J connectivity index is 2.03. The summed E-state index contributed by atoms with van der Waals surface area (Å²) in [6.45, 7) is 0. The summed E-state index contributed by atoms with van der Waals surface area (Å²) in [5.74, 6) is 0.236. The maximum absolute atomic E-state index is 11.0. The number of nitrogens with zero attached hydrogens (tertiary/aromatic N) is 1. The van der Waals surface area contributed by atoms with E-state index in [-0.39, 0.29) is 12.2 Å². The van der Waals surface area contributed by atoms with Crippen LogP contribution in [0.15, 0.2) is 48.5 Å². The zero-order valence-corrected chi connectivity index (χ0v) is 12.8. The first kappa shape index (κ1) is 16.4.